The summed E-state index contributed by atoms with van der Waals surface area (Å²) in [5.41, 5.74) is 2.51. The first-order valence-corrected chi connectivity index (χ1v) is 6.65. The molecule has 1 aromatic carbocycles. The minimum atomic E-state index is 0.444. The lowest BCUT2D eigenvalue weighted by Gasteiger charge is -2.41. The number of para-hydroxylation sites is 1. The summed E-state index contributed by atoms with van der Waals surface area (Å²) >= 11 is 0. The largest absolute Gasteiger partial charge is 0.507 e. The van der Waals surface area contributed by atoms with Crippen molar-refractivity contribution in [3.63, 3.8) is 0 Å². The first-order chi connectivity index (χ1) is 8.17. The molecule has 1 aliphatic carbocycles. The van der Waals surface area contributed by atoms with Gasteiger partial charge in [-0.25, -0.2) is 0 Å². The monoisotopic (exact) mass is 233 g/mol. The molecule has 0 aromatic heterocycles. The van der Waals surface area contributed by atoms with Gasteiger partial charge in [0.2, 0.25) is 0 Å². The molecule has 17 heavy (non-hydrogen) atoms. The average Bonchev–Trinajstić information content (AvgIpc) is 2.28. The predicted molar refractivity (Wildman–Crippen MR) is 71.1 cm³/mol. The van der Waals surface area contributed by atoms with E-state index in [1.54, 1.807) is 0 Å². The minimum Gasteiger partial charge on any atom is -0.507 e. The van der Waals surface area contributed by atoms with Crippen molar-refractivity contribution in [2.75, 3.05) is 6.54 Å². The average molecular weight is 233 g/mol. The van der Waals surface area contributed by atoms with Gasteiger partial charge in [0.25, 0.3) is 0 Å². The van der Waals surface area contributed by atoms with Crippen molar-refractivity contribution in [3.8, 4) is 5.75 Å². The number of hydrogen-bond acceptors (Lipinski definition) is 2. The number of nitrogens with one attached hydrogen (secondary N) is 1. The number of rotatable bonds is 5. The first kappa shape index (κ1) is 12.4. The first-order valence-electron chi connectivity index (χ1n) is 6.65. The lowest BCUT2D eigenvalue weighted by molar-refractivity contribution is 0.123. The summed E-state index contributed by atoms with van der Waals surface area (Å²) in [7, 11) is 0. The molecule has 0 spiro atoms. The van der Waals surface area contributed by atoms with Crippen LogP contribution >= 0.6 is 0 Å². The van der Waals surface area contributed by atoms with E-state index in [1.165, 1.54) is 25.7 Å². The Balaban J connectivity index is 1.88. The summed E-state index contributed by atoms with van der Waals surface area (Å²) in [6, 6.07) is 5.94. The van der Waals surface area contributed by atoms with Crippen molar-refractivity contribution in [1.82, 2.24) is 5.32 Å². The van der Waals surface area contributed by atoms with Crippen LogP contribution in [0.2, 0.25) is 0 Å². The normalized spacial score (nSPS) is 17.8. The van der Waals surface area contributed by atoms with Gasteiger partial charge in [-0.3, -0.25) is 0 Å². The van der Waals surface area contributed by atoms with Crippen molar-refractivity contribution < 1.29 is 5.11 Å². The fourth-order valence-electron chi connectivity index (χ4n) is 2.66. The predicted octanol–water partition coefficient (Wildman–Crippen LogP) is 3.37. The van der Waals surface area contributed by atoms with Crippen LogP contribution < -0.4 is 5.32 Å². The van der Waals surface area contributed by atoms with Crippen LogP contribution in [0.4, 0.5) is 0 Å². The van der Waals surface area contributed by atoms with E-state index in [9.17, 15) is 5.11 Å². The number of benzene rings is 1. The third kappa shape index (κ3) is 2.63. The lowest BCUT2D eigenvalue weighted by atomic mass is 9.67. The molecule has 0 atom stereocenters. The smallest absolute Gasteiger partial charge is 0.122 e. The molecule has 0 aliphatic heterocycles. The second kappa shape index (κ2) is 5.09. The van der Waals surface area contributed by atoms with E-state index in [-0.39, 0.29) is 0 Å². The third-order valence-corrected chi connectivity index (χ3v) is 4.30. The van der Waals surface area contributed by atoms with Gasteiger partial charge >= 0.3 is 0 Å². The van der Waals surface area contributed by atoms with E-state index in [4.69, 9.17) is 0 Å². The summed E-state index contributed by atoms with van der Waals surface area (Å²) in [6.07, 6.45) is 5.36. The topological polar surface area (TPSA) is 32.3 Å². The van der Waals surface area contributed by atoms with Crippen molar-refractivity contribution in [1.29, 1.82) is 0 Å². The minimum absolute atomic E-state index is 0.444. The highest BCUT2D eigenvalue weighted by Crippen LogP contribution is 2.43. The van der Waals surface area contributed by atoms with E-state index < -0.39 is 0 Å². The zero-order chi connectivity index (χ0) is 12.3. The Kier molecular flexibility index (Phi) is 3.72. The molecule has 1 saturated carbocycles. The Labute approximate surface area is 104 Å². The Morgan fingerprint density at radius 3 is 2.71 bits per heavy atom. The standard InChI is InChI=1S/C15H23NO/c1-3-15(8-5-9-15)11-16-10-13-7-4-6-12(2)14(13)17/h4,6-7,16-17H,3,5,8-11H2,1-2H3. The quantitative estimate of drug-likeness (QED) is 0.817. The zero-order valence-electron chi connectivity index (χ0n) is 10.9. The fraction of sp³-hybridized carbons (Fsp3) is 0.600. The molecule has 94 valence electrons. The Morgan fingerprint density at radius 1 is 1.35 bits per heavy atom. The highest BCUT2D eigenvalue weighted by atomic mass is 16.3. The molecule has 0 unspecified atom stereocenters. The molecule has 0 saturated heterocycles. The molecule has 2 nitrogen and oxygen atoms in total. The number of hydrogen-bond donors (Lipinski definition) is 2. The number of phenols is 1. The van der Waals surface area contributed by atoms with Crippen LogP contribution in [0, 0.1) is 12.3 Å². The molecular weight excluding hydrogens is 210 g/mol. The molecule has 0 amide bonds. The molecule has 0 bridgehead atoms. The van der Waals surface area contributed by atoms with Gasteiger partial charge < -0.3 is 10.4 Å². The second-order valence-electron chi connectivity index (χ2n) is 5.39. The van der Waals surface area contributed by atoms with Crippen LogP contribution in [-0.4, -0.2) is 11.7 Å². The zero-order valence-corrected chi connectivity index (χ0v) is 10.9. The van der Waals surface area contributed by atoms with Gasteiger partial charge in [0.1, 0.15) is 5.75 Å². The van der Waals surface area contributed by atoms with Crippen LogP contribution in [0.15, 0.2) is 18.2 Å². The van der Waals surface area contributed by atoms with Crippen LogP contribution in [0.5, 0.6) is 5.75 Å². The van der Waals surface area contributed by atoms with Gasteiger partial charge in [-0.2, -0.15) is 0 Å². The SMILES string of the molecule is CCC1(CNCc2cccc(C)c2O)CCC1. The van der Waals surface area contributed by atoms with Crippen LogP contribution in [0.3, 0.4) is 0 Å². The van der Waals surface area contributed by atoms with Crippen LogP contribution in [-0.2, 0) is 6.54 Å². The van der Waals surface area contributed by atoms with Crippen molar-refractivity contribution in [2.24, 2.45) is 5.41 Å². The third-order valence-electron chi connectivity index (χ3n) is 4.30. The Morgan fingerprint density at radius 2 is 2.12 bits per heavy atom. The van der Waals surface area contributed by atoms with Gasteiger partial charge in [0.15, 0.2) is 0 Å². The van der Waals surface area contributed by atoms with E-state index in [0.29, 0.717) is 11.2 Å². The summed E-state index contributed by atoms with van der Waals surface area (Å²) < 4.78 is 0. The summed E-state index contributed by atoms with van der Waals surface area (Å²) in [6.45, 7) is 6.08. The maximum Gasteiger partial charge on any atom is 0.122 e. The molecule has 1 aromatic rings. The molecular formula is C15H23NO. The van der Waals surface area contributed by atoms with E-state index >= 15 is 0 Å². The second-order valence-corrected chi connectivity index (χ2v) is 5.39. The fourth-order valence-corrected chi connectivity index (χ4v) is 2.66. The summed E-state index contributed by atoms with van der Waals surface area (Å²) in [5, 5.41) is 13.4. The molecule has 0 radical (unpaired) electrons. The summed E-state index contributed by atoms with van der Waals surface area (Å²) in [5.74, 6) is 0.444. The van der Waals surface area contributed by atoms with E-state index in [2.05, 4.69) is 12.2 Å². The molecule has 2 rings (SSSR count). The highest BCUT2D eigenvalue weighted by Gasteiger charge is 2.34. The maximum atomic E-state index is 9.92. The maximum absolute atomic E-state index is 9.92. The van der Waals surface area contributed by atoms with E-state index in [0.717, 1.165) is 24.2 Å². The molecule has 1 aliphatic rings. The Bertz CT molecular complexity index is 377. The van der Waals surface area contributed by atoms with Crippen molar-refractivity contribution in [2.45, 2.75) is 46.1 Å². The van der Waals surface area contributed by atoms with Crippen molar-refractivity contribution >= 4 is 0 Å². The highest BCUT2D eigenvalue weighted by molar-refractivity contribution is 5.39. The van der Waals surface area contributed by atoms with Crippen LogP contribution in [0.25, 0.3) is 0 Å². The van der Waals surface area contributed by atoms with Crippen LogP contribution in [0.1, 0.15) is 43.7 Å². The molecule has 1 fully saturated rings. The Hall–Kier alpha value is -1.02. The van der Waals surface area contributed by atoms with Gasteiger partial charge in [-0.05, 0) is 37.2 Å². The number of phenolic OH excluding ortho intramolecular Hbond substituents is 1. The lowest BCUT2D eigenvalue weighted by Crippen LogP contribution is -2.39. The van der Waals surface area contributed by atoms with Crippen molar-refractivity contribution in [3.05, 3.63) is 29.3 Å². The molecule has 2 heteroatoms. The number of aromatic hydroxyl groups is 1. The molecule has 0 heterocycles. The summed E-state index contributed by atoms with van der Waals surface area (Å²) in [4.78, 5) is 0. The number of aryl methyl sites for hydroxylation is 1. The molecule has 2 N–H and O–H groups in total. The van der Waals surface area contributed by atoms with Gasteiger partial charge in [-0.1, -0.05) is 31.5 Å². The van der Waals surface area contributed by atoms with Gasteiger partial charge in [-0.15, -0.1) is 0 Å². The van der Waals surface area contributed by atoms with Gasteiger partial charge in [0, 0.05) is 18.7 Å². The van der Waals surface area contributed by atoms with Gasteiger partial charge in [0.05, 0.1) is 0 Å². The van der Waals surface area contributed by atoms with E-state index in [1.807, 2.05) is 25.1 Å².